The predicted octanol–water partition coefficient (Wildman–Crippen LogP) is 0.461. The average Bonchev–Trinajstić information content (AvgIpc) is 2.64. The molecule has 0 aliphatic carbocycles. The average molecular weight is 220 g/mol. The maximum absolute atomic E-state index is 10.5. The SMILES string of the molecule is Cc1cc(-n2cc([N+](=O)[O-])cn2)nc(N)n1. The summed E-state index contributed by atoms with van der Waals surface area (Å²) in [6, 6.07) is 1.63. The second-order valence-electron chi connectivity index (χ2n) is 3.13. The van der Waals surface area contributed by atoms with E-state index in [1.54, 1.807) is 13.0 Å². The van der Waals surface area contributed by atoms with Crippen molar-refractivity contribution in [2.45, 2.75) is 6.92 Å². The summed E-state index contributed by atoms with van der Waals surface area (Å²) in [5.41, 5.74) is 6.03. The first kappa shape index (κ1) is 10.0. The van der Waals surface area contributed by atoms with E-state index in [0.29, 0.717) is 11.5 Å². The number of hydrogen-bond acceptors (Lipinski definition) is 6. The number of rotatable bonds is 2. The zero-order chi connectivity index (χ0) is 11.7. The zero-order valence-corrected chi connectivity index (χ0v) is 8.36. The molecule has 0 saturated carbocycles. The van der Waals surface area contributed by atoms with Crippen molar-refractivity contribution in [3.05, 3.63) is 34.3 Å². The normalized spacial score (nSPS) is 10.3. The Kier molecular flexibility index (Phi) is 2.24. The first-order chi connectivity index (χ1) is 7.56. The lowest BCUT2D eigenvalue weighted by Crippen LogP contribution is -2.04. The van der Waals surface area contributed by atoms with Crippen LogP contribution < -0.4 is 5.73 Å². The summed E-state index contributed by atoms with van der Waals surface area (Å²) in [5.74, 6) is 0.506. The minimum absolute atomic E-state index is 0.102. The van der Waals surface area contributed by atoms with Crippen LogP contribution in [0.25, 0.3) is 5.82 Å². The summed E-state index contributed by atoms with van der Waals surface area (Å²) in [7, 11) is 0. The van der Waals surface area contributed by atoms with E-state index in [2.05, 4.69) is 15.1 Å². The standard InChI is InChI=1S/C8H8N6O2/c1-5-2-7(12-8(9)11-5)13-4-6(3-10-13)14(15)16/h2-4H,1H3,(H2,9,11,12). The molecule has 0 saturated heterocycles. The third-order valence-electron chi connectivity index (χ3n) is 1.87. The van der Waals surface area contributed by atoms with Crippen LogP contribution in [0.5, 0.6) is 0 Å². The van der Waals surface area contributed by atoms with Crippen molar-refractivity contribution < 1.29 is 4.92 Å². The highest BCUT2D eigenvalue weighted by Crippen LogP contribution is 2.12. The van der Waals surface area contributed by atoms with E-state index in [1.807, 2.05) is 0 Å². The van der Waals surface area contributed by atoms with Gasteiger partial charge in [0.15, 0.2) is 5.82 Å². The number of hydrogen-bond donors (Lipinski definition) is 1. The maximum atomic E-state index is 10.5. The minimum atomic E-state index is -0.527. The van der Waals surface area contributed by atoms with Gasteiger partial charge >= 0.3 is 5.69 Å². The van der Waals surface area contributed by atoms with Crippen LogP contribution in [-0.4, -0.2) is 24.7 Å². The topological polar surface area (TPSA) is 113 Å². The van der Waals surface area contributed by atoms with E-state index in [1.165, 1.54) is 10.9 Å². The highest BCUT2D eigenvalue weighted by Gasteiger charge is 2.11. The Bertz CT molecular complexity index is 529. The predicted molar refractivity (Wildman–Crippen MR) is 55.0 cm³/mol. The van der Waals surface area contributed by atoms with Crippen LogP contribution in [0.3, 0.4) is 0 Å². The van der Waals surface area contributed by atoms with Gasteiger partial charge in [-0.1, -0.05) is 0 Å². The number of nitro groups is 1. The van der Waals surface area contributed by atoms with Crippen molar-refractivity contribution in [1.82, 2.24) is 19.7 Å². The molecule has 2 N–H and O–H groups in total. The lowest BCUT2D eigenvalue weighted by atomic mass is 10.4. The first-order valence-corrected chi connectivity index (χ1v) is 4.37. The zero-order valence-electron chi connectivity index (χ0n) is 8.36. The summed E-state index contributed by atoms with van der Waals surface area (Å²) in [5, 5.41) is 14.3. The van der Waals surface area contributed by atoms with Gasteiger partial charge in [0, 0.05) is 11.8 Å². The van der Waals surface area contributed by atoms with E-state index in [9.17, 15) is 10.1 Å². The first-order valence-electron chi connectivity index (χ1n) is 4.37. The molecule has 0 bridgehead atoms. The Labute approximate surface area is 89.9 Å². The van der Waals surface area contributed by atoms with Gasteiger partial charge in [-0.2, -0.15) is 10.1 Å². The monoisotopic (exact) mass is 220 g/mol. The minimum Gasteiger partial charge on any atom is -0.368 e. The van der Waals surface area contributed by atoms with Gasteiger partial charge in [-0.05, 0) is 6.92 Å². The lowest BCUT2D eigenvalue weighted by molar-refractivity contribution is -0.384. The third-order valence-corrected chi connectivity index (χ3v) is 1.87. The molecule has 2 aromatic rings. The Balaban J connectivity index is 2.46. The molecular formula is C8H8N6O2. The summed E-state index contributed by atoms with van der Waals surface area (Å²) in [6.07, 6.45) is 2.41. The van der Waals surface area contributed by atoms with Crippen molar-refractivity contribution in [3.63, 3.8) is 0 Å². The van der Waals surface area contributed by atoms with E-state index < -0.39 is 4.92 Å². The van der Waals surface area contributed by atoms with Crippen LogP contribution in [0.1, 0.15) is 5.69 Å². The number of nitrogens with two attached hydrogens (primary N) is 1. The Hall–Kier alpha value is -2.51. The second-order valence-corrected chi connectivity index (χ2v) is 3.13. The molecule has 0 unspecified atom stereocenters. The second kappa shape index (κ2) is 3.57. The fourth-order valence-corrected chi connectivity index (χ4v) is 1.22. The van der Waals surface area contributed by atoms with Gasteiger partial charge in [-0.3, -0.25) is 10.1 Å². The smallest absolute Gasteiger partial charge is 0.307 e. The summed E-state index contributed by atoms with van der Waals surface area (Å²) in [4.78, 5) is 17.8. The Morgan fingerprint density at radius 1 is 1.50 bits per heavy atom. The molecule has 0 atom stereocenters. The van der Waals surface area contributed by atoms with Crippen molar-refractivity contribution in [1.29, 1.82) is 0 Å². The molecule has 2 rings (SSSR count). The van der Waals surface area contributed by atoms with Gasteiger partial charge in [-0.25, -0.2) is 9.67 Å². The van der Waals surface area contributed by atoms with Crippen LogP contribution in [0.4, 0.5) is 11.6 Å². The number of anilines is 1. The third kappa shape index (κ3) is 1.80. The van der Waals surface area contributed by atoms with Gasteiger partial charge in [0.2, 0.25) is 5.95 Å². The van der Waals surface area contributed by atoms with Crippen LogP contribution in [0.15, 0.2) is 18.5 Å². The van der Waals surface area contributed by atoms with Crippen LogP contribution >= 0.6 is 0 Å². The number of nitrogens with zero attached hydrogens (tertiary/aromatic N) is 5. The highest BCUT2D eigenvalue weighted by molar-refractivity contribution is 5.33. The molecule has 0 aliphatic rings. The molecule has 8 heteroatoms. The van der Waals surface area contributed by atoms with Crippen LogP contribution in [0, 0.1) is 17.0 Å². The Morgan fingerprint density at radius 2 is 2.25 bits per heavy atom. The number of nitrogen functional groups attached to an aromatic ring is 1. The van der Waals surface area contributed by atoms with Crippen molar-refractivity contribution >= 4 is 11.6 Å². The molecule has 2 aromatic heterocycles. The fraction of sp³-hybridized carbons (Fsp3) is 0.125. The number of aryl methyl sites for hydroxylation is 1. The van der Waals surface area contributed by atoms with Crippen LogP contribution in [-0.2, 0) is 0 Å². The summed E-state index contributed by atoms with van der Waals surface area (Å²) >= 11 is 0. The molecule has 0 radical (unpaired) electrons. The number of aromatic nitrogens is 4. The van der Waals surface area contributed by atoms with Gasteiger partial charge < -0.3 is 5.73 Å². The highest BCUT2D eigenvalue weighted by atomic mass is 16.6. The van der Waals surface area contributed by atoms with Gasteiger partial charge in [0.25, 0.3) is 0 Å². The molecule has 0 amide bonds. The van der Waals surface area contributed by atoms with E-state index in [0.717, 1.165) is 6.20 Å². The molecule has 82 valence electrons. The molecule has 0 aromatic carbocycles. The quantitative estimate of drug-likeness (QED) is 0.581. The van der Waals surface area contributed by atoms with Gasteiger partial charge in [0.05, 0.1) is 4.92 Å². The fourth-order valence-electron chi connectivity index (χ4n) is 1.22. The van der Waals surface area contributed by atoms with Crippen molar-refractivity contribution in [2.75, 3.05) is 5.73 Å². The van der Waals surface area contributed by atoms with E-state index in [4.69, 9.17) is 5.73 Å². The molecule has 2 heterocycles. The molecule has 16 heavy (non-hydrogen) atoms. The maximum Gasteiger partial charge on any atom is 0.307 e. The summed E-state index contributed by atoms with van der Waals surface area (Å²) < 4.78 is 1.28. The molecule has 0 fully saturated rings. The molecule has 0 aliphatic heterocycles. The van der Waals surface area contributed by atoms with Gasteiger partial charge in [-0.15, -0.1) is 0 Å². The molecule has 8 nitrogen and oxygen atoms in total. The van der Waals surface area contributed by atoms with Gasteiger partial charge in [0.1, 0.15) is 12.4 Å². The van der Waals surface area contributed by atoms with Crippen LogP contribution in [0.2, 0.25) is 0 Å². The molecular weight excluding hydrogens is 212 g/mol. The van der Waals surface area contributed by atoms with Crippen molar-refractivity contribution in [3.8, 4) is 5.82 Å². The van der Waals surface area contributed by atoms with Crippen molar-refractivity contribution in [2.24, 2.45) is 0 Å². The largest absolute Gasteiger partial charge is 0.368 e. The Morgan fingerprint density at radius 3 is 2.81 bits per heavy atom. The summed E-state index contributed by atoms with van der Waals surface area (Å²) in [6.45, 7) is 1.75. The molecule has 0 spiro atoms. The lowest BCUT2D eigenvalue weighted by Gasteiger charge is -2.01. The van der Waals surface area contributed by atoms with E-state index >= 15 is 0 Å². The van der Waals surface area contributed by atoms with E-state index in [-0.39, 0.29) is 11.6 Å².